The first-order valence-electron chi connectivity index (χ1n) is 3.27. The fraction of sp³-hybridized carbons (Fsp3) is 1.00. The Morgan fingerprint density at radius 3 is 1.73 bits per heavy atom. The van der Waals surface area contributed by atoms with Crippen LogP contribution in [0.1, 0.15) is 13.8 Å². The standard InChI is InChI=1S/C5H14N2O2S.Na/c1-4-7(5-2)10(8,9)6-3;/h6H,4-5H2,1-3H3;/q;+1. The third kappa shape index (κ3) is 4.45. The quantitative estimate of drug-likeness (QED) is 0.473. The molecule has 0 aromatic carbocycles. The molecule has 0 saturated heterocycles. The molecule has 0 radical (unpaired) electrons. The van der Waals surface area contributed by atoms with E-state index in [4.69, 9.17) is 0 Å². The molecule has 0 aromatic rings. The summed E-state index contributed by atoms with van der Waals surface area (Å²) in [4.78, 5) is 0. The third-order valence-electron chi connectivity index (χ3n) is 1.30. The number of rotatable bonds is 4. The molecule has 0 heterocycles. The normalized spacial score (nSPS) is 11.3. The summed E-state index contributed by atoms with van der Waals surface area (Å²) >= 11 is 0. The number of hydrogen-bond donors (Lipinski definition) is 1. The number of hydrogen-bond acceptors (Lipinski definition) is 2. The molecule has 0 rings (SSSR count). The van der Waals surface area contributed by atoms with Crippen LogP contribution in [0.25, 0.3) is 0 Å². The molecule has 0 aromatic heterocycles. The van der Waals surface area contributed by atoms with E-state index in [2.05, 4.69) is 4.72 Å². The van der Waals surface area contributed by atoms with Crippen LogP contribution in [-0.4, -0.2) is 32.9 Å². The van der Waals surface area contributed by atoms with E-state index in [1.807, 2.05) is 0 Å². The maximum Gasteiger partial charge on any atom is 1.00 e. The van der Waals surface area contributed by atoms with Crippen molar-refractivity contribution in [3.63, 3.8) is 0 Å². The fourth-order valence-corrected chi connectivity index (χ4v) is 1.63. The van der Waals surface area contributed by atoms with Crippen molar-refractivity contribution in [3.05, 3.63) is 0 Å². The van der Waals surface area contributed by atoms with Crippen LogP contribution in [0, 0.1) is 0 Å². The Kier molecular flexibility index (Phi) is 8.37. The maximum atomic E-state index is 11.0. The first-order chi connectivity index (χ1) is 4.58. The van der Waals surface area contributed by atoms with Gasteiger partial charge in [0.2, 0.25) is 0 Å². The SMILES string of the molecule is CCN(CC)S(=O)(=O)NC.[Na+]. The van der Waals surface area contributed by atoms with Gasteiger partial charge in [0.15, 0.2) is 0 Å². The van der Waals surface area contributed by atoms with Gasteiger partial charge in [0, 0.05) is 20.1 Å². The van der Waals surface area contributed by atoms with Gasteiger partial charge < -0.3 is 0 Å². The predicted octanol–water partition coefficient (Wildman–Crippen LogP) is -3.20. The molecule has 62 valence electrons. The molecular weight excluding hydrogens is 175 g/mol. The molecule has 0 amide bonds. The van der Waals surface area contributed by atoms with Gasteiger partial charge in [0.25, 0.3) is 10.2 Å². The number of nitrogens with one attached hydrogen (secondary N) is 1. The van der Waals surface area contributed by atoms with Crippen LogP contribution in [0.4, 0.5) is 0 Å². The summed E-state index contributed by atoms with van der Waals surface area (Å²) in [6, 6.07) is 0. The van der Waals surface area contributed by atoms with Crippen LogP contribution in [0.5, 0.6) is 0 Å². The molecular formula is C5H14N2NaO2S+. The van der Waals surface area contributed by atoms with E-state index >= 15 is 0 Å². The summed E-state index contributed by atoms with van der Waals surface area (Å²) in [6.07, 6.45) is 0. The van der Waals surface area contributed by atoms with Gasteiger partial charge in [0.1, 0.15) is 0 Å². The zero-order valence-corrected chi connectivity index (χ0v) is 10.4. The summed E-state index contributed by atoms with van der Waals surface area (Å²) in [5.41, 5.74) is 0. The van der Waals surface area contributed by atoms with Crippen LogP contribution in [-0.2, 0) is 10.2 Å². The van der Waals surface area contributed by atoms with E-state index in [1.54, 1.807) is 13.8 Å². The first-order valence-corrected chi connectivity index (χ1v) is 4.71. The smallest absolute Gasteiger partial charge is 0.205 e. The summed E-state index contributed by atoms with van der Waals surface area (Å²) in [5.74, 6) is 0. The zero-order chi connectivity index (χ0) is 8.20. The Hall–Kier alpha value is 0.870. The fourth-order valence-electron chi connectivity index (χ4n) is 0.693. The summed E-state index contributed by atoms with van der Waals surface area (Å²) in [6.45, 7) is 4.64. The van der Waals surface area contributed by atoms with Crippen LogP contribution in [0.2, 0.25) is 0 Å². The minimum absolute atomic E-state index is 0. The summed E-state index contributed by atoms with van der Waals surface area (Å²) < 4.78 is 25.5. The molecule has 0 aliphatic heterocycles. The number of nitrogens with zero attached hydrogens (tertiary/aromatic N) is 1. The predicted molar refractivity (Wildman–Crippen MR) is 40.9 cm³/mol. The summed E-state index contributed by atoms with van der Waals surface area (Å²) in [7, 11) is -1.77. The second-order valence-corrected chi connectivity index (χ2v) is 3.67. The van der Waals surface area contributed by atoms with Crippen molar-refractivity contribution in [2.24, 2.45) is 0 Å². The van der Waals surface area contributed by atoms with Crippen molar-refractivity contribution in [3.8, 4) is 0 Å². The van der Waals surface area contributed by atoms with Gasteiger partial charge in [0.05, 0.1) is 0 Å². The molecule has 4 nitrogen and oxygen atoms in total. The van der Waals surface area contributed by atoms with Crippen LogP contribution in [0.15, 0.2) is 0 Å². The van der Waals surface area contributed by atoms with Crippen molar-refractivity contribution in [1.29, 1.82) is 0 Å². The Morgan fingerprint density at radius 2 is 1.64 bits per heavy atom. The molecule has 0 fully saturated rings. The van der Waals surface area contributed by atoms with E-state index in [-0.39, 0.29) is 29.6 Å². The van der Waals surface area contributed by atoms with E-state index < -0.39 is 10.2 Å². The van der Waals surface area contributed by atoms with Gasteiger partial charge >= 0.3 is 29.6 Å². The second-order valence-electron chi connectivity index (χ2n) is 1.79. The minimum atomic E-state index is -3.18. The summed E-state index contributed by atoms with van der Waals surface area (Å²) in [5, 5.41) is 0. The van der Waals surface area contributed by atoms with Crippen molar-refractivity contribution in [1.82, 2.24) is 9.03 Å². The largest absolute Gasteiger partial charge is 1.00 e. The van der Waals surface area contributed by atoms with Crippen molar-refractivity contribution < 1.29 is 38.0 Å². The molecule has 1 N–H and O–H groups in total. The minimum Gasteiger partial charge on any atom is -0.205 e. The van der Waals surface area contributed by atoms with Gasteiger partial charge in [-0.2, -0.15) is 12.7 Å². The molecule has 0 aliphatic rings. The zero-order valence-electron chi connectivity index (χ0n) is 7.59. The van der Waals surface area contributed by atoms with E-state index in [0.717, 1.165) is 0 Å². The molecule has 0 saturated carbocycles. The molecule has 0 spiro atoms. The average molecular weight is 189 g/mol. The van der Waals surface area contributed by atoms with Gasteiger partial charge in [-0.25, -0.2) is 4.72 Å². The van der Waals surface area contributed by atoms with Crippen molar-refractivity contribution >= 4 is 10.2 Å². The maximum absolute atomic E-state index is 11.0. The molecule has 0 aliphatic carbocycles. The van der Waals surface area contributed by atoms with E-state index in [0.29, 0.717) is 13.1 Å². The second kappa shape index (κ2) is 6.39. The van der Waals surface area contributed by atoms with Gasteiger partial charge in [-0.1, -0.05) is 13.8 Å². The Labute approximate surface area is 90.8 Å². The Bertz CT molecular complexity index is 177. The van der Waals surface area contributed by atoms with Crippen LogP contribution in [0.3, 0.4) is 0 Å². The van der Waals surface area contributed by atoms with Gasteiger partial charge in [-0.3, -0.25) is 0 Å². The third-order valence-corrected chi connectivity index (χ3v) is 3.02. The van der Waals surface area contributed by atoms with Crippen molar-refractivity contribution in [2.75, 3.05) is 20.1 Å². The monoisotopic (exact) mass is 189 g/mol. The average Bonchev–Trinajstić information content (AvgIpc) is 1.90. The topological polar surface area (TPSA) is 49.4 Å². The Morgan fingerprint density at radius 1 is 1.27 bits per heavy atom. The van der Waals surface area contributed by atoms with Crippen LogP contribution >= 0.6 is 0 Å². The van der Waals surface area contributed by atoms with Gasteiger partial charge in [-0.05, 0) is 0 Å². The van der Waals surface area contributed by atoms with E-state index in [9.17, 15) is 8.42 Å². The molecule has 0 atom stereocenters. The van der Waals surface area contributed by atoms with Crippen molar-refractivity contribution in [2.45, 2.75) is 13.8 Å². The Balaban J connectivity index is 0. The van der Waals surface area contributed by atoms with Crippen LogP contribution < -0.4 is 34.3 Å². The molecule has 0 unspecified atom stereocenters. The van der Waals surface area contributed by atoms with Gasteiger partial charge in [-0.15, -0.1) is 0 Å². The molecule has 0 bridgehead atoms. The molecule has 11 heavy (non-hydrogen) atoms. The molecule has 6 heteroatoms. The first kappa shape index (κ1) is 14.4. The van der Waals surface area contributed by atoms with E-state index in [1.165, 1.54) is 11.4 Å².